The Morgan fingerprint density at radius 2 is 1.85 bits per heavy atom. The van der Waals surface area contributed by atoms with Crippen LogP contribution in [0.5, 0.6) is 5.75 Å². The third-order valence-corrected chi connectivity index (χ3v) is 5.23. The fourth-order valence-corrected chi connectivity index (χ4v) is 3.87. The lowest BCUT2D eigenvalue weighted by molar-refractivity contribution is -0.122. The maximum atomic E-state index is 12.8. The predicted octanol–water partition coefficient (Wildman–Crippen LogP) is 4.88. The second-order valence-corrected chi connectivity index (χ2v) is 6.79. The Morgan fingerprint density at radius 3 is 2.58 bits per heavy atom. The van der Waals surface area contributed by atoms with E-state index in [4.69, 9.17) is 9.73 Å². The molecule has 0 saturated carbocycles. The number of benzene rings is 2. The first-order chi connectivity index (χ1) is 12.7. The van der Waals surface area contributed by atoms with Crippen molar-refractivity contribution in [3.05, 3.63) is 64.6 Å². The molecule has 4 nitrogen and oxygen atoms in total. The van der Waals surface area contributed by atoms with Crippen LogP contribution in [-0.2, 0) is 11.2 Å². The van der Waals surface area contributed by atoms with Gasteiger partial charge in [0.25, 0.3) is 5.91 Å². The Morgan fingerprint density at radius 1 is 1.12 bits per heavy atom. The van der Waals surface area contributed by atoms with Crippen LogP contribution in [-0.4, -0.2) is 29.6 Å². The molecule has 0 atom stereocenters. The van der Waals surface area contributed by atoms with Gasteiger partial charge in [-0.25, -0.2) is 4.99 Å². The normalized spacial score (nSPS) is 17.3. The molecule has 2 aromatic carbocycles. The zero-order valence-electron chi connectivity index (χ0n) is 15.2. The van der Waals surface area contributed by atoms with Crippen LogP contribution in [0.15, 0.2) is 58.4 Å². The van der Waals surface area contributed by atoms with Gasteiger partial charge in [-0.1, -0.05) is 43.3 Å². The third kappa shape index (κ3) is 3.68. The maximum absolute atomic E-state index is 12.8. The summed E-state index contributed by atoms with van der Waals surface area (Å²) in [5, 5.41) is 0.722. The Balaban J connectivity index is 1.98. The number of likely N-dealkylation sites (N-methyl/N-ethyl adjacent to an activating group) is 1. The first kappa shape index (κ1) is 18.3. The standard InChI is InChI=1S/C21H22N2O2S/c1-4-15-10-6-8-12-17(15)22-21-23(5-2)20(24)19(26-21)14-16-11-7-9-13-18(16)25-3/h6-14H,4-5H2,1-3H3/b19-14+,22-21?. The van der Waals surface area contributed by atoms with Crippen molar-refractivity contribution in [3.63, 3.8) is 0 Å². The number of thioether (sulfide) groups is 1. The molecule has 5 heteroatoms. The zero-order chi connectivity index (χ0) is 18.5. The summed E-state index contributed by atoms with van der Waals surface area (Å²) < 4.78 is 5.39. The van der Waals surface area contributed by atoms with Crippen molar-refractivity contribution in [2.75, 3.05) is 13.7 Å². The Kier molecular flexibility index (Phi) is 5.78. The molecule has 0 aliphatic carbocycles. The SMILES string of the molecule is CCc1ccccc1N=C1S/C(=C/c2ccccc2OC)C(=O)N1CC. The summed E-state index contributed by atoms with van der Waals surface area (Å²) in [5.41, 5.74) is 2.98. The van der Waals surface area contributed by atoms with Crippen LogP contribution < -0.4 is 4.74 Å². The number of ether oxygens (including phenoxy) is 1. The monoisotopic (exact) mass is 366 g/mol. The van der Waals surface area contributed by atoms with Gasteiger partial charge in [0.15, 0.2) is 5.17 Å². The molecule has 1 aliphatic rings. The average molecular weight is 366 g/mol. The van der Waals surface area contributed by atoms with Gasteiger partial charge in [0.05, 0.1) is 17.7 Å². The van der Waals surface area contributed by atoms with Gasteiger partial charge in [-0.15, -0.1) is 0 Å². The number of para-hydroxylation sites is 2. The highest BCUT2D eigenvalue weighted by atomic mass is 32.2. The number of carbonyl (C=O) groups is 1. The summed E-state index contributed by atoms with van der Waals surface area (Å²) >= 11 is 1.41. The number of methoxy groups -OCH3 is 1. The summed E-state index contributed by atoms with van der Waals surface area (Å²) in [5.74, 6) is 0.731. The van der Waals surface area contributed by atoms with Crippen molar-refractivity contribution in [1.29, 1.82) is 0 Å². The number of aryl methyl sites for hydroxylation is 1. The number of aliphatic imine (C=N–C) groups is 1. The van der Waals surface area contributed by atoms with Gasteiger partial charge in [0, 0.05) is 12.1 Å². The van der Waals surface area contributed by atoms with Gasteiger partial charge < -0.3 is 4.74 Å². The number of rotatable bonds is 5. The van der Waals surface area contributed by atoms with Gasteiger partial charge in [-0.3, -0.25) is 9.69 Å². The lowest BCUT2D eigenvalue weighted by Gasteiger charge is -2.13. The third-order valence-electron chi connectivity index (χ3n) is 4.22. The summed E-state index contributed by atoms with van der Waals surface area (Å²) in [7, 11) is 1.63. The van der Waals surface area contributed by atoms with Crippen LogP contribution in [0.1, 0.15) is 25.0 Å². The molecule has 134 valence electrons. The largest absolute Gasteiger partial charge is 0.496 e. The molecule has 1 saturated heterocycles. The minimum atomic E-state index is -0.0175. The maximum Gasteiger partial charge on any atom is 0.266 e. The van der Waals surface area contributed by atoms with Crippen LogP contribution >= 0.6 is 11.8 Å². The molecule has 0 unspecified atom stereocenters. The quantitative estimate of drug-likeness (QED) is 0.708. The number of hydrogen-bond donors (Lipinski definition) is 0. The summed E-state index contributed by atoms with van der Waals surface area (Å²) in [6, 6.07) is 15.7. The summed E-state index contributed by atoms with van der Waals surface area (Å²) in [6.07, 6.45) is 2.78. The second-order valence-electron chi connectivity index (χ2n) is 5.78. The van der Waals surface area contributed by atoms with E-state index in [0.29, 0.717) is 11.4 Å². The molecular weight excluding hydrogens is 344 g/mol. The molecule has 0 radical (unpaired) electrons. The topological polar surface area (TPSA) is 41.9 Å². The van der Waals surface area contributed by atoms with E-state index in [0.717, 1.165) is 28.6 Å². The molecule has 0 aromatic heterocycles. The smallest absolute Gasteiger partial charge is 0.266 e. The average Bonchev–Trinajstić information content (AvgIpc) is 2.97. The second kappa shape index (κ2) is 8.23. The minimum absolute atomic E-state index is 0.0175. The van der Waals surface area contributed by atoms with E-state index in [9.17, 15) is 4.79 Å². The number of carbonyl (C=O) groups excluding carboxylic acids is 1. The Hall–Kier alpha value is -2.53. The first-order valence-electron chi connectivity index (χ1n) is 8.69. The van der Waals surface area contributed by atoms with Crippen LogP contribution in [0.3, 0.4) is 0 Å². The van der Waals surface area contributed by atoms with Gasteiger partial charge >= 0.3 is 0 Å². The molecule has 1 heterocycles. The molecule has 0 N–H and O–H groups in total. The summed E-state index contributed by atoms with van der Waals surface area (Å²) in [6.45, 7) is 4.66. The molecular formula is C21H22N2O2S. The Labute approximate surface area is 158 Å². The Bertz CT molecular complexity index is 874. The molecule has 1 fully saturated rings. The lowest BCUT2D eigenvalue weighted by Crippen LogP contribution is -2.28. The van der Waals surface area contributed by atoms with Crippen LogP contribution in [0, 0.1) is 0 Å². The van der Waals surface area contributed by atoms with E-state index in [2.05, 4.69) is 13.0 Å². The molecule has 0 spiro atoms. The molecule has 1 amide bonds. The van der Waals surface area contributed by atoms with Gasteiger partial charge in [0.1, 0.15) is 5.75 Å². The molecule has 26 heavy (non-hydrogen) atoms. The number of nitrogens with zero attached hydrogens (tertiary/aromatic N) is 2. The van der Waals surface area contributed by atoms with Crippen LogP contribution in [0.2, 0.25) is 0 Å². The van der Waals surface area contributed by atoms with Gasteiger partial charge in [-0.2, -0.15) is 0 Å². The van der Waals surface area contributed by atoms with Crippen molar-refractivity contribution >= 4 is 34.6 Å². The predicted molar refractivity (Wildman–Crippen MR) is 109 cm³/mol. The lowest BCUT2D eigenvalue weighted by atomic mass is 10.1. The highest BCUT2D eigenvalue weighted by Gasteiger charge is 2.32. The van der Waals surface area contributed by atoms with Crippen molar-refractivity contribution in [3.8, 4) is 5.75 Å². The van der Waals surface area contributed by atoms with E-state index in [-0.39, 0.29) is 5.91 Å². The minimum Gasteiger partial charge on any atom is -0.496 e. The van der Waals surface area contributed by atoms with E-state index in [1.807, 2.05) is 55.5 Å². The van der Waals surface area contributed by atoms with Gasteiger partial charge in [0.2, 0.25) is 0 Å². The highest BCUT2D eigenvalue weighted by Crippen LogP contribution is 2.35. The molecule has 1 aliphatic heterocycles. The van der Waals surface area contributed by atoms with Gasteiger partial charge in [-0.05, 0) is 48.9 Å². The van der Waals surface area contributed by atoms with E-state index in [1.165, 1.54) is 17.3 Å². The highest BCUT2D eigenvalue weighted by molar-refractivity contribution is 8.18. The van der Waals surface area contributed by atoms with E-state index in [1.54, 1.807) is 12.0 Å². The van der Waals surface area contributed by atoms with Crippen molar-refractivity contribution < 1.29 is 9.53 Å². The number of amides is 1. The van der Waals surface area contributed by atoms with Crippen LogP contribution in [0.25, 0.3) is 6.08 Å². The van der Waals surface area contributed by atoms with E-state index >= 15 is 0 Å². The fraction of sp³-hybridized carbons (Fsp3) is 0.238. The zero-order valence-corrected chi connectivity index (χ0v) is 16.0. The number of amidine groups is 1. The van der Waals surface area contributed by atoms with Crippen molar-refractivity contribution in [2.24, 2.45) is 4.99 Å². The molecule has 3 rings (SSSR count). The van der Waals surface area contributed by atoms with Crippen molar-refractivity contribution in [2.45, 2.75) is 20.3 Å². The molecule has 0 bridgehead atoms. The number of hydrogen-bond acceptors (Lipinski definition) is 4. The summed E-state index contributed by atoms with van der Waals surface area (Å²) in [4.78, 5) is 20.0. The first-order valence-corrected chi connectivity index (χ1v) is 9.50. The molecule has 2 aromatic rings. The van der Waals surface area contributed by atoms with E-state index < -0.39 is 0 Å². The van der Waals surface area contributed by atoms with Crippen molar-refractivity contribution in [1.82, 2.24) is 4.90 Å². The fourth-order valence-electron chi connectivity index (χ4n) is 2.82. The van der Waals surface area contributed by atoms with Crippen LogP contribution in [0.4, 0.5) is 5.69 Å².